The average molecular weight is 340 g/mol. The summed E-state index contributed by atoms with van der Waals surface area (Å²) in [7, 11) is 1.92. The van der Waals surface area contributed by atoms with Crippen molar-refractivity contribution in [2.75, 3.05) is 6.61 Å². The maximum absolute atomic E-state index is 12.5. The van der Waals surface area contributed by atoms with Gasteiger partial charge >= 0.3 is 0 Å². The molecule has 0 aliphatic heterocycles. The molecule has 0 spiro atoms. The number of hydrogen-bond acceptors (Lipinski definition) is 3. The zero-order chi connectivity index (χ0) is 17.3. The molecule has 0 bridgehead atoms. The van der Waals surface area contributed by atoms with Crippen LogP contribution in [-0.2, 0) is 7.05 Å². The summed E-state index contributed by atoms with van der Waals surface area (Å²) in [6.45, 7) is 6.62. The molecule has 2 aromatic carbocycles. The van der Waals surface area contributed by atoms with Crippen molar-refractivity contribution in [1.29, 1.82) is 0 Å². The molecule has 1 amide bonds. The smallest absolute Gasteiger partial charge is 0.279 e. The molecule has 0 N–H and O–H groups in total. The predicted octanol–water partition coefficient (Wildman–Crippen LogP) is 4.00. The van der Waals surface area contributed by atoms with Gasteiger partial charge in [0.2, 0.25) is 0 Å². The van der Waals surface area contributed by atoms with Crippen LogP contribution in [0.25, 0.3) is 10.2 Å². The van der Waals surface area contributed by atoms with Gasteiger partial charge in [-0.05, 0) is 62.2 Å². The molecule has 0 unspecified atom stereocenters. The first-order chi connectivity index (χ1) is 11.5. The molecule has 0 aliphatic carbocycles. The van der Waals surface area contributed by atoms with E-state index in [0.717, 1.165) is 21.5 Å². The summed E-state index contributed by atoms with van der Waals surface area (Å²) in [5.41, 5.74) is 3.92. The highest BCUT2D eigenvalue weighted by molar-refractivity contribution is 7.16. The number of ether oxygens (including phenoxy) is 1. The number of benzene rings is 2. The van der Waals surface area contributed by atoms with Crippen molar-refractivity contribution in [3.63, 3.8) is 0 Å². The molecule has 0 atom stereocenters. The van der Waals surface area contributed by atoms with Gasteiger partial charge in [-0.15, -0.1) is 0 Å². The van der Waals surface area contributed by atoms with Gasteiger partial charge in [0, 0.05) is 12.6 Å². The first kappa shape index (κ1) is 16.5. The van der Waals surface area contributed by atoms with E-state index in [9.17, 15) is 4.79 Å². The normalized spacial score (nSPS) is 11.9. The molecule has 124 valence electrons. The molecule has 5 heteroatoms. The minimum Gasteiger partial charge on any atom is -0.494 e. The van der Waals surface area contributed by atoms with Crippen molar-refractivity contribution in [1.82, 2.24) is 4.57 Å². The number of thiazole rings is 1. The van der Waals surface area contributed by atoms with Crippen molar-refractivity contribution < 1.29 is 9.53 Å². The molecule has 4 nitrogen and oxygen atoms in total. The molecule has 3 rings (SSSR count). The van der Waals surface area contributed by atoms with Crippen molar-refractivity contribution in [2.24, 2.45) is 12.0 Å². The second-order valence-corrected chi connectivity index (χ2v) is 6.73. The Balaban J connectivity index is 2.04. The number of fused-ring (bicyclic) bond motifs is 1. The van der Waals surface area contributed by atoms with E-state index in [-0.39, 0.29) is 5.91 Å². The Morgan fingerprint density at radius 1 is 1.17 bits per heavy atom. The van der Waals surface area contributed by atoms with Gasteiger partial charge in [-0.2, -0.15) is 4.99 Å². The Morgan fingerprint density at radius 2 is 1.96 bits per heavy atom. The zero-order valence-electron chi connectivity index (χ0n) is 14.3. The Bertz CT molecular complexity index is 983. The number of rotatable bonds is 3. The number of aryl methyl sites for hydroxylation is 3. The van der Waals surface area contributed by atoms with Crippen molar-refractivity contribution in [3.8, 4) is 5.75 Å². The highest BCUT2D eigenvalue weighted by Gasteiger charge is 2.09. The fraction of sp³-hybridized carbons (Fsp3) is 0.263. The van der Waals surface area contributed by atoms with Gasteiger partial charge in [-0.25, -0.2) is 0 Å². The largest absolute Gasteiger partial charge is 0.494 e. The van der Waals surface area contributed by atoms with Crippen LogP contribution in [0, 0.1) is 13.8 Å². The van der Waals surface area contributed by atoms with Crippen molar-refractivity contribution in [2.45, 2.75) is 20.8 Å². The number of carbonyl (C=O) groups excluding carboxylic acids is 1. The fourth-order valence-electron chi connectivity index (χ4n) is 2.50. The predicted molar refractivity (Wildman–Crippen MR) is 97.8 cm³/mol. The lowest BCUT2D eigenvalue weighted by Gasteiger charge is -2.02. The van der Waals surface area contributed by atoms with Gasteiger partial charge in [-0.3, -0.25) is 4.79 Å². The van der Waals surface area contributed by atoms with Gasteiger partial charge in [0.25, 0.3) is 5.91 Å². The first-order valence-corrected chi connectivity index (χ1v) is 8.70. The second kappa shape index (κ2) is 6.61. The van der Waals surface area contributed by atoms with Crippen molar-refractivity contribution >= 4 is 27.5 Å². The minimum atomic E-state index is -0.217. The van der Waals surface area contributed by atoms with Gasteiger partial charge in [-0.1, -0.05) is 17.4 Å². The third-order valence-corrected chi connectivity index (χ3v) is 5.14. The summed E-state index contributed by atoms with van der Waals surface area (Å²) in [6.07, 6.45) is 0. The van der Waals surface area contributed by atoms with Crippen LogP contribution in [0.2, 0.25) is 0 Å². The number of carbonyl (C=O) groups is 1. The van der Waals surface area contributed by atoms with Crippen LogP contribution in [0.5, 0.6) is 5.75 Å². The minimum absolute atomic E-state index is 0.217. The van der Waals surface area contributed by atoms with E-state index in [2.05, 4.69) is 4.99 Å². The number of amides is 1. The standard InChI is InChI=1S/C19H20N2O2S/c1-5-23-15-8-9-16-17(11-15)24-19(21(16)4)20-18(22)14-7-6-12(2)13(3)10-14/h6-11H,5H2,1-4H3. The van der Waals surface area contributed by atoms with E-state index < -0.39 is 0 Å². The second-order valence-electron chi connectivity index (χ2n) is 5.72. The molecular weight excluding hydrogens is 320 g/mol. The quantitative estimate of drug-likeness (QED) is 0.723. The SMILES string of the molecule is CCOc1ccc2c(c1)sc(=NC(=O)c1ccc(C)c(C)c1)n2C. The average Bonchev–Trinajstić information content (AvgIpc) is 2.86. The molecule has 0 saturated heterocycles. The monoisotopic (exact) mass is 340 g/mol. The number of nitrogens with zero attached hydrogens (tertiary/aromatic N) is 2. The summed E-state index contributed by atoms with van der Waals surface area (Å²) in [4.78, 5) is 17.5. The van der Waals surface area contributed by atoms with Crippen LogP contribution < -0.4 is 9.54 Å². The van der Waals surface area contributed by atoms with Crippen LogP contribution in [0.4, 0.5) is 0 Å². The van der Waals surface area contributed by atoms with E-state index in [1.54, 1.807) is 0 Å². The van der Waals surface area contributed by atoms with E-state index >= 15 is 0 Å². The molecule has 1 heterocycles. The van der Waals surface area contributed by atoms with E-state index in [4.69, 9.17) is 4.74 Å². The summed E-state index contributed by atoms with van der Waals surface area (Å²) >= 11 is 1.49. The summed E-state index contributed by atoms with van der Waals surface area (Å²) < 4.78 is 8.53. The van der Waals surface area contributed by atoms with Crippen LogP contribution >= 0.6 is 11.3 Å². The molecule has 0 aliphatic rings. The first-order valence-electron chi connectivity index (χ1n) is 7.88. The van der Waals surface area contributed by atoms with Crippen LogP contribution in [-0.4, -0.2) is 17.1 Å². The van der Waals surface area contributed by atoms with Gasteiger partial charge in [0.05, 0.1) is 16.8 Å². The molecule has 3 aromatic rings. The van der Waals surface area contributed by atoms with E-state index in [1.807, 2.05) is 68.8 Å². The lowest BCUT2D eigenvalue weighted by Crippen LogP contribution is -2.13. The lowest BCUT2D eigenvalue weighted by molar-refractivity contribution is 0.0998. The maximum atomic E-state index is 12.5. The molecule has 0 radical (unpaired) electrons. The third-order valence-electron chi connectivity index (χ3n) is 4.04. The fourth-order valence-corrected chi connectivity index (χ4v) is 3.55. The van der Waals surface area contributed by atoms with Crippen LogP contribution in [0.3, 0.4) is 0 Å². The van der Waals surface area contributed by atoms with Crippen LogP contribution in [0.1, 0.15) is 28.4 Å². The van der Waals surface area contributed by atoms with Crippen LogP contribution in [0.15, 0.2) is 41.4 Å². The maximum Gasteiger partial charge on any atom is 0.279 e. The summed E-state index contributed by atoms with van der Waals surface area (Å²) in [5.74, 6) is 0.615. The molecule has 24 heavy (non-hydrogen) atoms. The Kier molecular flexibility index (Phi) is 4.53. The van der Waals surface area contributed by atoms with Gasteiger partial charge < -0.3 is 9.30 Å². The molecular formula is C19H20N2O2S. The number of hydrogen-bond donors (Lipinski definition) is 0. The topological polar surface area (TPSA) is 43.6 Å². The van der Waals surface area contributed by atoms with Gasteiger partial charge in [0.1, 0.15) is 5.75 Å². The summed E-state index contributed by atoms with van der Waals surface area (Å²) in [6, 6.07) is 11.6. The van der Waals surface area contributed by atoms with E-state index in [0.29, 0.717) is 17.0 Å². The lowest BCUT2D eigenvalue weighted by atomic mass is 10.1. The third kappa shape index (κ3) is 3.12. The molecule has 1 aromatic heterocycles. The Morgan fingerprint density at radius 3 is 2.67 bits per heavy atom. The zero-order valence-corrected chi connectivity index (χ0v) is 15.1. The van der Waals surface area contributed by atoms with Gasteiger partial charge in [0.15, 0.2) is 4.80 Å². The summed E-state index contributed by atoms with van der Waals surface area (Å²) in [5, 5.41) is 0. The van der Waals surface area contributed by atoms with Crippen molar-refractivity contribution in [3.05, 3.63) is 57.9 Å². The Hall–Kier alpha value is -2.40. The Labute approximate surface area is 145 Å². The highest BCUT2D eigenvalue weighted by atomic mass is 32.1. The number of aromatic nitrogens is 1. The highest BCUT2D eigenvalue weighted by Crippen LogP contribution is 2.23. The molecule has 0 saturated carbocycles. The van der Waals surface area contributed by atoms with E-state index in [1.165, 1.54) is 16.9 Å². The molecule has 0 fully saturated rings.